The highest BCUT2D eigenvalue weighted by Crippen LogP contribution is 2.39. The smallest absolute Gasteiger partial charge is 0.451 e. The molecular weight excluding hydrogens is 411 g/mol. The van der Waals surface area contributed by atoms with Crippen LogP contribution in [-0.4, -0.2) is 15.5 Å². The molecule has 1 rings (SSSR count). The molecule has 0 saturated heterocycles. The van der Waals surface area contributed by atoms with Crippen LogP contribution in [0.2, 0.25) is 0 Å². The van der Waals surface area contributed by atoms with Crippen LogP contribution in [-0.2, 0) is 9.53 Å². The number of hydrogen-bond donors (Lipinski definition) is 0. The number of carbonyl (C=O) groups excluding carboxylic acids is 1. The minimum Gasteiger partial charge on any atom is -0.451 e. The SMILES string of the molecule is O=NC(Br)(Br)CC(OC(=O)C(F)(F)F)c1ccccc1. The number of nitrogens with zero attached hydrogens (tertiary/aromatic N) is 1. The number of alkyl halides is 5. The Bertz CT molecular complexity index is 480. The minimum atomic E-state index is -5.11. The Morgan fingerprint density at radius 1 is 1.25 bits per heavy atom. The lowest BCUT2D eigenvalue weighted by molar-refractivity contribution is -0.205. The molecule has 0 saturated carbocycles. The van der Waals surface area contributed by atoms with E-state index in [-0.39, 0.29) is 6.42 Å². The zero-order valence-electron chi connectivity index (χ0n) is 9.73. The minimum absolute atomic E-state index is 0.303. The normalized spacial score (nSPS) is 13.7. The van der Waals surface area contributed by atoms with E-state index in [2.05, 4.69) is 41.8 Å². The topological polar surface area (TPSA) is 55.7 Å². The molecule has 0 aliphatic heterocycles. The van der Waals surface area contributed by atoms with Gasteiger partial charge >= 0.3 is 12.1 Å². The molecule has 0 aromatic heterocycles. The van der Waals surface area contributed by atoms with E-state index >= 15 is 0 Å². The summed E-state index contributed by atoms with van der Waals surface area (Å²) in [4.78, 5) is 21.5. The van der Waals surface area contributed by atoms with E-state index in [1.807, 2.05) is 0 Å². The first-order valence-corrected chi connectivity index (χ1v) is 6.79. The van der Waals surface area contributed by atoms with Gasteiger partial charge in [-0.3, -0.25) is 0 Å². The van der Waals surface area contributed by atoms with Crippen molar-refractivity contribution in [2.75, 3.05) is 0 Å². The van der Waals surface area contributed by atoms with Crippen LogP contribution in [0, 0.1) is 4.91 Å². The van der Waals surface area contributed by atoms with Gasteiger partial charge in [-0.1, -0.05) is 30.3 Å². The Kier molecular flexibility index (Phi) is 5.69. The summed E-state index contributed by atoms with van der Waals surface area (Å²) in [7, 11) is 0. The zero-order chi connectivity index (χ0) is 15.4. The van der Waals surface area contributed by atoms with Crippen LogP contribution >= 0.6 is 31.9 Å². The molecule has 1 aromatic carbocycles. The molecule has 0 aliphatic rings. The highest BCUT2D eigenvalue weighted by molar-refractivity contribution is 9.25. The first-order valence-electron chi connectivity index (χ1n) is 5.21. The van der Waals surface area contributed by atoms with Crippen LogP contribution in [0.1, 0.15) is 18.1 Å². The van der Waals surface area contributed by atoms with Crippen LogP contribution in [0.5, 0.6) is 0 Å². The molecule has 0 bridgehead atoms. The molecule has 0 radical (unpaired) electrons. The van der Waals surface area contributed by atoms with Crippen molar-refractivity contribution in [2.45, 2.75) is 22.1 Å². The summed E-state index contributed by atoms with van der Waals surface area (Å²) in [5.41, 5.74) is 0.317. The third-order valence-electron chi connectivity index (χ3n) is 2.22. The predicted molar refractivity (Wildman–Crippen MR) is 72.3 cm³/mol. The highest BCUT2D eigenvalue weighted by atomic mass is 79.9. The van der Waals surface area contributed by atoms with Crippen molar-refractivity contribution in [1.82, 2.24) is 0 Å². The molecule has 4 nitrogen and oxygen atoms in total. The standard InChI is InChI=1S/C11H8Br2F3NO3/c12-10(13,17-19)6-8(7-4-2-1-3-5-7)20-9(18)11(14,15)16/h1-5,8H,6H2. The van der Waals surface area contributed by atoms with Gasteiger partial charge in [0.2, 0.25) is 3.36 Å². The molecule has 20 heavy (non-hydrogen) atoms. The lowest BCUT2D eigenvalue weighted by atomic mass is 10.1. The van der Waals surface area contributed by atoms with Crippen LogP contribution in [0.4, 0.5) is 13.2 Å². The van der Waals surface area contributed by atoms with Crippen molar-refractivity contribution >= 4 is 37.8 Å². The maximum Gasteiger partial charge on any atom is 0.490 e. The molecule has 1 unspecified atom stereocenters. The number of benzene rings is 1. The molecule has 0 N–H and O–H groups in total. The second kappa shape index (κ2) is 6.66. The second-order valence-electron chi connectivity index (χ2n) is 3.76. The quantitative estimate of drug-likeness (QED) is 0.307. The summed E-state index contributed by atoms with van der Waals surface area (Å²) in [5, 5.41) is 2.67. The van der Waals surface area contributed by atoms with Gasteiger partial charge in [0.1, 0.15) is 6.10 Å². The van der Waals surface area contributed by atoms with Crippen LogP contribution < -0.4 is 0 Å². The number of rotatable bonds is 5. The van der Waals surface area contributed by atoms with Crippen molar-refractivity contribution in [3.8, 4) is 0 Å². The van der Waals surface area contributed by atoms with E-state index in [9.17, 15) is 22.9 Å². The van der Waals surface area contributed by atoms with E-state index in [0.717, 1.165) is 0 Å². The van der Waals surface area contributed by atoms with Gasteiger partial charge in [0.25, 0.3) is 0 Å². The number of nitroso groups, excluding NO2 is 1. The number of ether oxygens (including phenoxy) is 1. The summed E-state index contributed by atoms with van der Waals surface area (Å²) in [5.74, 6) is -2.33. The van der Waals surface area contributed by atoms with Gasteiger partial charge in [-0.05, 0) is 42.6 Å². The second-order valence-corrected chi connectivity index (χ2v) is 7.45. The Labute approximate surface area is 128 Å². The van der Waals surface area contributed by atoms with Gasteiger partial charge in [-0.15, -0.1) is 4.91 Å². The summed E-state index contributed by atoms with van der Waals surface area (Å²) in [6.07, 6.45) is -6.69. The zero-order valence-corrected chi connectivity index (χ0v) is 12.9. The van der Waals surface area contributed by atoms with Crippen molar-refractivity contribution in [1.29, 1.82) is 0 Å². The summed E-state index contributed by atoms with van der Waals surface area (Å²) >= 11 is 5.77. The maximum absolute atomic E-state index is 12.3. The van der Waals surface area contributed by atoms with Gasteiger partial charge in [0, 0.05) is 6.42 Å². The van der Waals surface area contributed by atoms with Crippen LogP contribution in [0.3, 0.4) is 0 Å². The summed E-state index contributed by atoms with van der Waals surface area (Å²) in [6, 6.07) is 7.76. The van der Waals surface area contributed by atoms with E-state index in [1.54, 1.807) is 18.2 Å². The largest absolute Gasteiger partial charge is 0.490 e. The Balaban J connectivity index is 2.97. The van der Waals surface area contributed by atoms with Crippen molar-refractivity contribution in [2.24, 2.45) is 5.18 Å². The molecular formula is C11H8Br2F3NO3. The fourth-order valence-electron chi connectivity index (χ4n) is 1.35. The average Bonchev–Trinajstić information content (AvgIpc) is 2.37. The number of esters is 1. The molecule has 110 valence electrons. The number of hydrogen-bond acceptors (Lipinski definition) is 4. The first kappa shape index (κ1) is 17.1. The molecule has 0 fully saturated rings. The lowest BCUT2D eigenvalue weighted by Crippen LogP contribution is -2.28. The van der Waals surface area contributed by atoms with Crippen molar-refractivity contribution in [3.05, 3.63) is 40.8 Å². The molecule has 9 heteroatoms. The lowest BCUT2D eigenvalue weighted by Gasteiger charge is -2.22. The third kappa shape index (κ3) is 5.20. The van der Waals surface area contributed by atoms with Gasteiger partial charge < -0.3 is 4.74 Å². The Morgan fingerprint density at radius 2 is 1.80 bits per heavy atom. The van der Waals surface area contributed by atoms with E-state index in [4.69, 9.17) is 0 Å². The molecule has 1 atom stereocenters. The van der Waals surface area contributed by atoms with Gasteiger partial charge in [0.05, 0.1) is 0 Å². The average molecular weight is 419 g/mol. The molecule has 1 aromatic rings. The van der Waals surface area contributed by atoms with Crippen molar-refractivity contribution in [3.63, 3.8) is 0 Å². The predicted octanol–water partition coefficient (Wildman–Crippen LogP) is 4.43. The molecule has 0 heterocycles. The van der Waals surface area contributed by atoms with Crippen LogP contribution in [0.25, 0.3) is 0 Å². The monoisotopic (exact) mass is 417 g/mol. The molecule has 0 aliphatic carbocycles. The van der Waals surface area contributed by atoms with E-state index < -0.39 is 21.6 Å². The Hall–Kier alpha value is -0.960. The number of carbonyl (C=O) groups is 1. The summed E-state index contributed by atoms with van der Waals surface area (Å²) < 4.78 is 39.7. The fourth-order valence-corrected chi connectivity index (χ4v) is 1.94. The highest BCUT2D eigenvalue weighted by Gasteiger charge is 2.43. The third-order valence-corrected chi connectivity index (χ3v) is 3.15. The van der Waals surface area contributed by atoms with Gasteiger partial charge in [0.15, 0.2) is 0 Å². The van der Waals surface area contributed by atoms with Gasteiger partial charge in [-0.25, -0.2) is 4.79 Å². The molecule has 0 amide bonds. The summed E-state index contributed by atoms with van der Waals surface area (Å²) in [6.45, 7) is 0. The fraction of sp³-hybridized carbons (Fsp3) is 0.364. The van der Waals surface area contributed by atoms with Crippen molar-refractivity contribution < 1.29 is 22.7 Å². The van der Waals surface area contributed by atoms with Gasteiger partial charge in [-0.2, -0.15) is 13.2 Å². The maximum atomic E-state index is 12.3. The number of halogens is 5. The van der Waals surface area contributed by atoms with E-state index in [1.165, 1.54) is 12.1 Å². The first-order chi connectivity index (χ1) is 9.15. The molecule has 0 spiro atoms. The Morgan fingerprint density at radius 3 is 2.25 bits per heavy atom. The van der Waals surface area contributed by atoms with E-state index in [0.29, 0.717) is 5.56 Å². The van der Waals surface area contributed by atoms with Crippen LogP contribution in [0.15, 0.2) is 35.5 Å².